The first-order chi connectivity index (χ1) is 12.7. The predicted molar refractivity (Wildman–Crippen MR) is 100 cm³/mol. The van der Waals surface area contributed by atoms with Gasteiger partial charge in [0.2, 0.25) is 0 Å². The average Bonchev–Trinajstić information content (AvgIpc) is 3.29. The predicted octanol–water partition coefficient (Wildman–Crippen LogP) is 3.91. The molecule has 134 valence electrons. The van der Waals surface area contributed by atoms with Gasteiger partial charge in [-0.3, -0.25) is 0 Å². The highest BCUT2D eigenvalue weighted by Crippen LogP contribution is 2.63. The molecule has 0 saturated heterocycles. The average molecular weight is 346 g/mol. The van der Waals surface area contributed by atoms with Gasteiger partial charge in [0, 0.05) is 11.3 Å². The van der Waals surface area contributed by atoms with E-state index >= 15 is 0 Å². The van der Waals surface area contributed by atoms with Crippen LogP contribution in [0.5, 0.6) is 0 Å². The van der Waals surface area contributed by atoms with Crippen molar-refractivity contribution in [3.63, 3.8) is 0 Å². The summed E-state index contributed by atoms with van der Waals surface area (Å²) < 4.78 is 0. The minimum atomic E-state index is -1.09. The monoisotopic (exact) mass is 346 g/mol. The summed E-state index contributed by atoms with van der Waals surface area (Å²) in [5.74, 6) is 1.38. The summed E-state index contributed by atoms with van der Waals surface area (Å²) in [7, 11) is 0. The molecule has 3 aliphatic rings. The van der Waals surface area contributed by atoms with Crippen LogP contribution in [-0.4, -0.2) is 5.97 Å². The van der Waals surface area contributed by atoms with Crippen molar-refractivity contribution in [3.8, 4) is 0 Å². The van der Waals surface area contributed by atoms with Crippen molar-refractivity contribution in [3.05, 3.63) is 64.7 Å². The maximum absolute atomic E-state index is 11.7. The van der Waals surface area contributed by atoms with Crippen LogP contribution in [0.1, 0.15) is 65.2 Å². The Kier molecular flexibility index (Phi) is 3.59. The Balaban J connectivity index is 1.64. The van der Waals surface area contributed by atoms with Crippen LogP contribution in [0, 0.1) is 17.8 Å². The standard InChI is InChI=1S/C23H25NO2/c1-2-13-6-8-14(9-7-13)21-20-16-11-10-15(12-16)19(20)17-4-3-5-18(23(25)26)22(17)24-21/h3-9,15-16,19-21,24H,2,10-12H2,1H3,(H,25,26)/p-1/t15-,16+,19+,20-,21-/m0/s1. The second-order valence-corrected chi connectivity index (χ2v) is 8.21. The first kappa shape index (κ1) is 15.9. The molecule has 2 saturated carbocycles. The van der Waals surface area contributed by atoms with Crippen molar-refractivity contribution in [1.29, 1.82) is 0 Å². The van der Waals surface area contributed by atoms with E-state index in [1.807, 2.05) is 6.07 Å². The first-order valence-corrected chi connectivity index (χ1v) is 9.87. The number of nitrogens with one attached hydrogen (secondary N) is 1. The lowest BCUT2D eigenvalue weighted by Crippen LogP contribution is -2.37. The number of carbonyl (C=O) groups excluding carboxylic acids is 1. The number of para-hydroxylation sites is 1. The van der Waals surface area contributed by atoms with E-state index in [9.17, 15) is 9.90 Å². The molecule has 3 nitrogen and oxygen atoms in total. The number of benzene rings is 2. The smallest absolute Gasteiger partial charge is 0.0736 e. The minimum absolute atomic E-state index is 0.189. The zero-order chi connectivity index (χ0) is 17.8. The third kappa shape index (κ3) is 2.22. The molecule has 0 amide bonds. The topological polar surface area (TPSA) is 52.2 Å². The van der Waals surface area contributed by atoms with Crippen molar-refractivity contribution in [2.45, 2.75) is 44.6 Å². The lowest BCUT2D eigenvalue weighted by Gasteiger charge is -2.44. The minimum Gasteiger partial charge on any atom is -0.545 e. The van der Waals surface area contributed by atoms with Gasteiger partial charge in [-0.1, -0.05) is 49.4 Å². The third-order valence-electron chi connectivity index (χ3n) is 7.09. The summed E-state index contributed by atoms with van der Waals surface area (Å²) in [6.45, 7) is 2.17. The van der Waals surface area contributed by atoms with Crippen LogP contribution in [0.15, 0.2) is 42.5 Å². The first-order valence-electron chi connectivity index (χ1n) is 9.87. The number of carboxylic acid groups (broad SMARTS) is 1. The summed E-state index contributed by atoms with van der Waals surface area (Å²) in [6, 6.07) is 14.7. The number of hydrogen-bond donors (Lipinski definition) is 1. The number of carbonyl (C=O) groups is 1. The number of carboxylic acids is 1. The normalized spacial score (nSPS) is 31.2. The van der Waals surface area contributed by atoms with Crippen molar-refractivity contribution in [2.75, 3.05) is 5.32 Å². The van der Waals surface area contributed by atoms with Crippen LogP contribution in [-0.2, 0) is 6.42 Å². The molecule has 2 aromatic rings. The van der Waals surface area contributed by atoms with Crippen molar-refractivity contribution in [1.82, 2.24) is 0 Å². The van der Waals surface area contributed by atoms with E-state index in [1.54, 1.807) is 6.07 Å². The largest absolute Gasteiger partial charge is 0.545 e. The van der Waals surface area contributed by atoms with Gasteiger partial charge in [-0.05, 0) is 66.0 Å². The molecule has 1 N–H and O–H groups in total. The number of aryl methyl sites for hydroxylation is 1. The Labute approximate surface area is 154 Å². The Morgan fingerprint density at radius 2 is 1.88 bits per heavy atom. The molecular weight excluding hydrogens is 322 g/mol. The molecule has 0 spiro atoms. The highest BCUT2D eigenvalue weighted by Gasteiger charge is 2.54. The van der Waals surface area contributed by atoms with Crippen LogP contribution in [0.4, 0.5) is 5.69 Å². The SMILES string of the molecule is CCc1ccc([C@@H]2Nc3c(C(=O)[O-])cccc3[C@H]3[C@H]4CC[C@H](C4)[C@@H]32)cc1. The Morgan fingerprint density at radius 1 is 1.12 bits per heavy atom. The lowest BCUT2D eigenvalue weighted by atomic mass is 9.67. The maximum Gasteiger partial charge on any atom is 0.0736 e. The van der Waals surface area contributed by atoms with Crippen molar-refractivity contribution < 1.29 is 9.90 Å². The molecule has 0 radical (unpaired) electrons. The molecule has 1 heterocycles. The van der Waals surface area contributed by atoms with E-state index in [0.717, 1.165) is 18.0 Å². The zero-order valence-corrected chi connectivity index (χ0v) is 15.1. The van der Waals surface area contributed by atoms with Crippen LogP contribution in [0.2, 0.25) is 0 Å². The van der Waals surface area contributed by atoms with Gasteiger partial charge in [-0.15, -0.1) is 0 Å². The Hall–Kier alpha value is -2.29. The van der Waals surface area contributed by atoms with E-state index in [2.05, 4.69) is 42.6 Å². The molecule has 2 bridgehead atoms. The summed E-state index contributed by atoms with van der Waals surface area (Å²) in [5.41, 5.74) is 4.92. The quantitative estimate of drug-likeness (QED) is 0.917. The number of aromatic carboxylic acids is 1. The summed E-state index contributed by atoms with van der Waals surface area (Å²) in [5, 5.41) is 15.3. The number of anilines is 1. The fraction of sp³-hybridized carbons (Fsp3) is 0.435. The molecule has 2 aliphatic carbocycles. The van der Waals surface area contributed by atoms with Crippen LogP contribution >= 0.6 is 0 Å². The van der Waals surface area contributed by atoms with Gasteiger partial charge in [-0.2, -0.15) is 0 Å². The Morgan fingerprint density at radius 3 is 2.62 bits per heavy atom. The molecule has 5 atom stereocenters. The second-order valence-electron chi connectivity index (χ2n) is 8.21. The van der Waals surface area contributed by atoms with Crippen LogP contribution in [0.3, 0.4) is 0 Å². The van der Waals surface area contributed by atoms with Crippen LogP contribution < -0.4 is 10.4 Å². The van der Waals surface area contributed by atoms with Crippen LogP contribution in [0.25, 0.3) is 0 Å². The maximum atomic E-state index is 11.7. The van der Waals surface area contributed by atoms with E-state index in [1.165, 1.54) is 36.0 Å². The van der Waals surface area contributed by atoms with Crippen molar-refractivity contribution >= 4 is 11.7 Å². The summed E-state index contributed by atoms with van der Waals surface area (Å²) >= 11 is 0. The number of hydrogen-bond acceptors (Lipinski definition) is 3. The molecule has 0 aromatic heterocycles. The molecule has 2 aromatic carbocycles. The van der Waals surface area contributed by atoms with E-state index in [0.29, 0.717) is 23.3 Å². The molecule has 2 fully saturated rings. The number of rotatable bonds is 3. The van der Waals surface area contributed by atoms with Gasteiger partial charge in [0.1, 0.15) is 0 Å². The van der Waals surface area contributed by atoms with Crippen molar-refractivity contribution in [2.24, 2.45) is 17.8 Å². The molecule has 1 aliphatic heterocycles. The fourth-order valence-electron chi connectivity index (χ4n) is 5.97. The Bertz CT molecular complexity index is 857. The second kappa shape index (κ2) is 5.87. The highest BCUT2D eigenvalue weighted by atomic mass is 16.4. The zero-order valence-electron chi connectivity index (χ0n) is 15.1. The molecule has 0 unspecified atom stereocenters. The highest BCUT2D eigenvalue weighted by molar-refractivity contribution is 5.94. The summed E-state index contributed by atoms with van der Waals surface area (Å²) in [4.78, 5) is 11.7. The van der Waals surface area contributed by atoms with Gasteiger partial charge < -0.3 is 15.2 Å². The third-order valence-corrected chi connectivity index (χ3v) is 7.09. The number of fused-ring (bicyclic) bond motifs is 7. The van der Waals surface area contributed by atoms with E-state index in [-0.39, 0.29) is 6.04 Å². The molecule has 3 heteroatoms. The van der Waals surface area contributed by atoms with Gasteiger partial charge in [0.05, 0.1) is 12.0 Å². The van der Waals surface area contributed by atoms with Gasteiger partial charge in [0.15, 0.2) is 0 Å². The van der Waals surface area contributed by atoms with Gasteiger partial charge in [0.25, 0.3) is 0 Å². The fourth-order valence-corrected chi connectivity index (χ4v) is 5.97. The summed E-state index contributed by atoms with van der Waals surface area (Å²) in [6.07, 6.45) is 4.91. The lowest BCUT2D eigenvalue weighted by molar-refractivity contribution is -0.254. The molecule has 5 rings (SSSR count). The molecule has 26 heavy (non-hydrogen) atoms. The van der Waals surface area contributed by atoms with Gasteiger partial charge in [-0.25, -0.2) is 0 Å². The van der Waals surface area contributed by atoms with Gasteiger partial charge >= 0.3 is 0 Å². The van der Waals surface area contributed by atoms with E-state index in [4.69, 9.17) is 0 Å². The van der Waals surface area contributed by atoms with E-state index < -0.39 is 5.97 Å². The molecular formula is C23H24NO2-.